The van der Waals surface area contributed by atoms with Gasteiger partial charge in [-0.1, -0.05) is 12.1 Å². The molecule has 0 saturated carbocycles. The lowest BCUT2D eigenvalue weighted by Crippen LogP contribution is -2.30. The van der Waals surface area contributed by atoms with Crippen LogP contribution in [0.5, 0.6) is 11.5 Å². The highest BCUT2D eigenvalue weighted by molar-refractivity contribution is 7.92. The van der Waals surface area contributed by atoms with E-state index in [2.05, 4.69) is 0 Å². The number of anilines is 1. The van der Waals surface area contributed by atoms with Crippen LogP contribution in [-0.4, -0.2) is 52.8 Å². The Balaban J connectivity index is 1.86. The maximum atomic E-state index is 13.1. The SMILES string of the molecule is CCN(Cc1cccc(OC)c1OC)C(=O)c1ccc2c(c1)CCN2S(C)(=O)=O. The topological polar surface area (TPSA) is 76.2 Å². The van der Waals surface area contributed by atoms with Gasteiger partial charge in [-0.2, -0.15) is 0 Å². The molecule has 2 aromatic rings. The fourth-order valence-electron chi connectivity index (χ4n) is 3.64. The van der Waals surface area contributed by atoms with Gasteiger partial charge >= 0.3 is 0 Å². The summed E-state index contributed by atoms with van der Waals surface area (Å²) in [5.74, 6) is 1.11. The van der Waals surface area contributed by atoms with Crippen molar-refractivity contribution < 1.29 is 22.7 Å². The van der Waals surface area contributed by atoms with Gasteiger partial charge in [0.25, 0.3) is 5.91 Å². The van der Waals surface area contributed by atoms with E-state index in [1.54, 1.807) is 37.3 Å². The first-order valence-corrected chi connectivity index (χ1v) is 11.2. The molecule has 1 heterocycles. The Hall–Kier alpha value is -2.74. The second-order valence-corrected chi connectivity index (χ2v) is 8.81. The van der Waals surface area contributed by atoms with Crippen LogP contribution in [0.15, 0.2) is 36.4 Å². The number of methoxy groups -OCH3 is 2. The van der Waals surface area contributed by atoms with Gasteiger partial charge in [0, 0.05) is 30.8 Å². The summed E-state index contributed by atoms with van der Waals surface area (Å²) in [6, 6.07) is 10.8. The number of carbonyl (C=O) groups is 1. The van der Waals surface area contributed by atoms with Crippen molar-refractivity contribution in [3.05, 3.63) is 53.1 Å². The lowest BCUT2D eigenvalue weighted by Gasteiger charge is -2.23. The first-order valence-electron chi connectivity index (χ1n) is 9.40. The van der Waals surface area contributed by atoms with Crippen molar-refractivity contribution in [3.8, 4) is 11.5 Å². The third-order valence-corrected chi connectivity index (χ3v) is 6.27. The van der Waals surface area contributed by atoms with Gasteiger partial charge in [0.05, 0.1) is 26.2 Å². The third kappa shape index (κ3) is 4.17. The normalized spacial score (nSPS) is 13.2. The van der Waals surface area contributed by atoms with E-state index < -0.39 is 10.0 Å². The first-order chi connectivity index (χ1) is 13.8. The molecule has 8 heteroatoms. The average molecular weight is 419 g/mol. The predicted molar refractivity (Wildman–Crippen MR) is 112 cm³/mol. The molecule has 0 bridgehead atoms. The van der Waals surface area contributed by atoms with Crippen LogP contribution in [0.3, 0.4) is 0 Å². The van der Waals surface area contributed by atoms with Crippen LogP contribution in [0.1, 0.15) is 28.4 Å². The molecule has 0 saturated heterocycles. The number of benzene rings is 2. The molecule has 1 aliphatic heterocycles. The van der Waals surface area contributed by atoms with E-state index in [0.717, 1.165) is 11.1 Å². The maximum Gasteiger partial charge on any atom is 0.254 e. The molecule has 7 nitrogen and oxygen atoms in total. The second kappa shape index (κ2) is 8.32. The van der Waals surface area contributed by atoms with E-state index in [-0.39, 0.29) is 5.91 Å². The summed E-state index contributed by atoms with van der Waals surface area (Å²) in [7, 11) is -0.158. The average Bonchev–Trinajstić information content (AvgIpc) is 3.14. The van der Waals surface area contributed by atoms with E-state index in [4.69, 9.17) is 9.47 Å². The minimum Gasteiger partial charge on any atom is -0.493 e. The highest BCUT2D eigenvalue weighted by Gasteiger charge is 2.27. The third-order valence-electron chi connectivity index (χ3n) is 5.09. The lowest BCUT2D eigenvalue weighted by molar-refractivity contribution is 0.0751. The van der Waals surface area contributed by atoms with E-state index in [0.29, 0.717) is 48.8 Å². The van der Waals surface area contributed by atoms with Crippen LogP contribution in [-0.2, 0) is 23.0 Å². The monoisotopic (exact) mass is 418 g/mol. The van der Waals surface area contributed by atoms with Crippen LogP contribution in [0, 0.1) is 0 Å². The van der Waals surface area contributed by atoms with E-state index in [9.17, 15) is 13.2 Å². The number of fused-ring (bicyclic) bond motifs is 1. The zero-order chi connectivity index (χ0) is 21.2. The molecule has 1 amide bonds. The number of amides is 1. The summed E-state index contributed by atoms with van der Waals surface area (Å²) < 4.78 is 36.0. The van der Waals surface area contributed by atoms with Crippen molar-refractivity contribution in [1.29, 1.82) is 0 Å². The highest BCUT2D eigenvalue weighted by atomic mass is 32.2. The molecular formula is C21H26N2O5S. The molecule has 3 rings (SSSR count). The van der Waals surface area contributed by atoms with Crippen molar-refractivity contribution in [2.75, 3.05) is 37.9 Å². The van der Waals surface area contributed by atoms with Crippen LogP contribution in [0.25, 0.3) is 0 Å². The van der Waals surface area contributed by atoms with Crippen molar-refractivity contribution in [1.82, 2.24) is 4.90 Å². The summed E-state index contributed by atoms with van der Waals surface area (Å²) in [6.45, 7) is 3.22. The van der Waals surface area contributed by atoms with E-state index in [1.165, 1.54) is 10.6 Å². The molecule has 0 radical (unpaired) electrons. The molecule has 0 aliphatic carbocycles. The second-order valence-electron chi connectivity index (χ2n) is 6.90. The van der Waals surface area contributed by atoms with Crippen molar-refractivity contribution in [3.63, 3.8) is 0 Å². The zero-order valence-electron chi connectivity index (χ0n) is 17.1. The van der Waals surface area contributed by atoms with Gasteiger partial charge in [0.1, 0.15) is 0 Å². The molecule has 0 atom stereocenters. The number of nitrogens with zero attached hydrogens (tertiary/aromatic N) is 2. The summed E-state index contributed by atoms with van der Waals surface area (Å²) in [6.07, 6.45) is 1.79. The van der Waals surface area contributed by atoms with Crippen LogP contribution in [0.2, 0.25) is 0 Å². The largest absolute Gasteiger partial charge is 0.493 e. The minimum absolute atomic E-state index is 0.113. The zero-order valence-corrected chi connectivity index (χ0v) is 18.0. The van der Waals surface area contributed by atoms with Crippen LogP contribution in [0.4, 0.5) is 5.69 Å². The molecule has 0 fully saturated rings. The fourth-order valence-corrected chi connectivity index (χ4v) is 4.60. The molecule has 29 heavy (non-hydrogen) atoms. The van der Waals surface area contributed by atoms with Gasteiger partial charge < -0.3 is 14.4 Å². The standard InChI is InChI=1S/C21H26N2O5S/c1-5-22(14-17-7-6-8-19(27-2)20(17)28-3)21(24)16-9-10-18-15(13-16)11-12-23(18)29(4,25)26/h6-10,13H,5,11-12,14H2,1-4H3. The maximum absolute atomic E-state index is 13.1. The van der Waals surface area contributed by atoms with Crippen molar-refractivity contribution in [2.45, 2.75) is 19.9 Å². The lowest BCUT2D eigenvalue weighted by atomic mass is 10.1. The van der Waals surface area contributed by atoms with Gasteiger partial charge in [0.2, 0.25) is 10.0 Å². The molecule has 0 unspecified atom stereocenters. The van der Waals surface area contributed by atoms with Crippen molar-refractivity contribution in [2.24, 2.45) is 0 Å². The molecule has 2 aromatic carbocycles. The summed E-state index contributed by atoms with van der Waals surface area (Å²) in [4.78, 5) is 14.9. The summed E-state index contributed by atoms with van der Waals surface area (Å²) in [5, 5.41) is 0. The Kier molecular flexibility index (Phi) is 6.02. The van der Waals surface area contributed by atoms with Crippen LogP contribution < -0.4 is 13.8 Å². The fraction of sp³-hybridized carbons (Fsp3) is 0.381. The molecule has 156 valence electrons. The van der Waals surface area contributed by atoms with Crippen LogP contribution >= 0.6 is 0 Å². The molecule has 0 spiro atoms. The number of sulfonamides is 1. The Morgan fingerprint density at radius 2 is 1.93 bits per heavy atom. The number of ether oxygens (including phenoxy) is 2. The van der Waals surface area contributed by atoms with E-state index >= 15 is 0 Å². The summed E-state index contributed by atoms with van der Waals surface area (Å²) in [5.41, 5.74) is 2.92. The number of hydrogen-bond donors (Lipinski definition) is 0. The number of hydrogen-bond acceptors (Lipinski definition) is 5. The quantitative estimate of drug-likeness (QED) is 0.691. The molecular weight excluding hydrogens is 392 g/mol. The number of rotatable bonds is 7. The molecule has 0 N–H and O–H groups in total. The predicted octanol–water partition coefficient (Wildman–Crippen LogP) is 2.69. The highest BCUT2D eigenvalue weighted by Crippen LogP contribution is 2.33. The van der Waals surface area contributed by atoms with Gasteiger partial charge in [0.15, 0.2) is 11.5 Å². The van der Waals surface area contributed by atoms with Gasteiger partial charge in [-0.15, -0.1) is 0 Å². The Morgan fingerprint density at radius 1 is 1.17 bits per heavy atom. The Labute approximate surface area is 171 Å². The first kappa shape index (κ1) is 21.0. The number of carbonyl (C=O) groups excluding carboxylic acids is 1. The van der Waals surface area contributed by atoms with Gasteiger partial charge in [-0.3, -0.25) is 9.10 Å². The Morgan fingerprint density at radius 3 is 2.55 bits per heavy atom. The summed E-state index contributed by atoms with van der Waals surface area (Å²) >= 11 is 0. The molecule has 1 aliphatic rings. The van der Waals surface area contributed by atoms with Crippen molar-refractivity contribution >= 4 is 21.6 Å². The van der Waals surface area contributed by atoms with Gasteiger partial charge in [-0.05, 0) is 43.2 Å². The Bertz CT molecular complexity index is 1020. The number of para-hydroxylation sites is 1. The minimum atomic E-state index is -3.31. The smallest absolute Gasteiger partial charge is 0.254 e. The molecule has 0 aromatic heterocycles. The van der Waals surface area contributed by atoms with Gasteiger partial charge in [-0.25, -0.2) is 8.42 Å². The van der Waals surface area contributed by atoms with E-state index in [1.807, 2.05) is 25.1 Å².